The number of rotatable bonds is 5. The topological polar surface area (TPSA) is 47.1 Å². The molecular weight excluding hydrogens is 224 g/mol. The number of nitrogens with zero attached hydrogens (tertiary/aromatic N) is 3. The predicted octanol–water partition coefficient (Wildman–Crippen LogP) is 1.97. The Balaban J connectivity index is 2.51. The fraction of sp³-hybridized carbons (Fsp3) is 0.500. The molecule has 0 atom stereocenters. The molecule has 0 aliphatic heterocycles. The second-order valence-electron chi connectivity index (χ2n) is 4.94. The summed E-state index contributed by atoms with van der Waals surface area (Å²) < 4.78 is 2.32. The van der Waals surface area contributed by atoms with Crippen molar-refractivity contribution in [3.05, 3.63) is 29.6 Å². The maximum Gasteiger partial charge on any atom is 0.124 e. The van der Waals surface area contributed by atoms with E-state index in [2.05, 4.69) is 48.7 Å². The lowest BCUT2D eigenvalue weighted by molar-refractivity contribution is 0.381. The Morgan fingerprint density at radius 1 is 1.33 bits per heavy atom. The first kappa shape index (κ1) is 13.1. The quantitative estimate of drug-likeness (QED) is 0.877. The number of fused-ring (bicyclic) bond motifs is 1. The van der Waals surface area contributed by atoms with E-state index in [0.717, 1.165) is 36.4 Å². The highest BCUT2D eigenvalue weighted by molar-refractivity contribution is 5.77. The monoisotopic (exact) mass is 246 g/mol. The van der Waals surface area contributed by atoms with Crippen LogP contribution in [0.3, 0.4) is 0 Å². The molecule has 1 aromatic heterocycles. The first-order chi connectivity index (χ1) is 8.65. The first-order valence-corrected chi connectivity index (χ1v) is 6.48. The largest absolute Gasteiger partial charge is 0.327 e. The zero-order valence-corrected chi connectivity index (χ0v) is 11.5. The minimum Gasteiger partial charge on any atom is -0.327 e. The molecule has 4 nitrogen and oxygen atoms in total. The highest BCUT2D eigenvalue weighted by Crippen LogP contribution is 2.19. The van der Waals surface area contributed by atoms with Gasteiger partial charge in [0.2, 0.25) is 0 Å². The van der Waals surface area contributed by atoms with E-state index in [4.69, 9.17) is 10.7 Å². The Hall–Kier alpha value is -1.39. The summed E-state index contributed by atoms with van der Waals surface area (Å²) in [5, 5.41) is 0. The Kier molecular flexibility index (Phi) is 3.99. The van der Waals surface area contributed by atoms with Crippen LogP contribution in [0.5, 0.6) is 0 Å². The van der Waals surface area contributed by atoms with Gasteiger partial charge in [-0.3, -0.25) is 0 Å². The minimum atomic E-state index is 0.569. The van der Waals surface area contributed by atoms with Gasteiger partial charge in [0.1, 0.15) is 5.82 Å². The van der Waals surface area contributed by atoms with Gasteiger partial charge in [-0.2, -0.15) is 0 Å². The van der Waals surface area contributed by atoms with Crippen LogP contribution in [0.15, 0.2) is 18.2 Å². The summed E-state index contributed by atoms with van der Waals surface area (Å²) in [6.45, 7) is 4.65. The van der Waals surface area contributed by atoms with Gasteiger partial charge in [-0.25, -0.2) is 4.98 Å². The molecule has 0 saturated heterocycles. The van der Waals surface area contributed by atoms with Crippen molar-refractivity contribution < 1.29 is 0 Å². The van der Waals surface area contributed by atoms with E-state index >= 15 is 0 Å². The van der Waals surface area contributed by atoms with E-state index in [1.54, 1.807) is 0 Å². The van der Waals surface area contributed by atoms with Gasteiger partial charge in [-0.1, -0.05) is 13.0 Å². The summed E-state index contributed by atoms with van der Waals surface area (Å²) >= 11 is 0. The fourth-order valence-corrected chi connectivity index (χ4v) is 2.23. The van der Waals surface area contributed by atoms with E-state index < -0.39 is 0 Å². The third-order valence-electron chi connectivity index (χ3n) is 3.03. The Bertz CT molecular complexity index is 528. The Morgan fingerprint density at radius 2 is 2.11 bits per heavy atom. The number of aromatic nitrogens is 2. The third kappa shape index (κ3) is 2.54. The molecule has 0 amide bonds. The van der Waals surface area contributed by atoms with E-state index in [-0.39, 0.29) is 0 Å². The van der Waals surface area contributed by atoms with E-state index in [1.807, 2.05) is 0 Å². The molecule has 1 heterocycles. The van der Waals surface area contributed by atoms with Gasteiger partial charge in [-0.15, -0.1) is 0 Å². The van der Waals surface area contributed by atoms with Gasteiger partial charge in [-0.05, 0) is 38.2 Å². The van der Waals surface area contributed by atoms with Gasteiger partial charge >= 0.3 is 0 Å². The maximum absolute atomic E-state index is 5.68. The van der Waals surface area contributed by atoms with Gasteiger partial charge in [0.05, 0.1) is 17.6 Å². The number of nitrogens with two attached hydrogens (primary N) is 1. The highest BCUT2D eigenvalue weighted by Gasteiger charge is 2.11. The summed E-state index contributed by atoms with van der Waals surface area (Å²) in [7, 11) is 4.14. The lowest BCUT2D eigenvalue weighted by atomic mass is 10.2. The molecule has 0 spiro atoms. The molecule has 4 heteroatoms. The van der Waals surface area contributed by atoms with Crippen LogP contribution in [0.25, 0.3) is 11.0 Å². The summed E-state index contributed by atoms with van der Waals surface area (Å²) in [6, 6.07) is 6.33. The number of hydrogen-bond donors (Lipinski definition) is 1. The zero-order chi connectivity index (χ0) is 13.1. The molecule has 1 aromatic carbocycles. The van der Waals surface area contributed by atoms with E-state index in [0.29, 0.717) is 6.54 Å². The van der Waals surface area contributed by atoms with E-state index in [9.17, 15) is 0 Å². The summed E-state index contributed by atoms with van der Waals surface area (Å²) in [5.41, 5.74) is 9.09. The van der Waals surface area contributed by atoms with Crippen LogP contribution in [-0.2, 0) is 19.6 Å². The predicted molar refractivity (Wildman–Crippen MR) is 75.3 cm³/mol. The zero-order valence-electron chi connectivity index (χ0n) is 11.5. The molecule has 0 saturated carbocycles. The molecule has 0 aliphatic carbocycles. The molecule has 0 unspecified atom stereocenters. The SMILES string of the molecule is CCCn1c(CN(C)C)nc2cc(CN)ccc21. The van der Waals surface area contributed by atoms with Crippen LogP contribution in [0, 0.1) is 0 Å². The lowest BCUT2D eigenvalue weighted by Gasteiger charge is -2.11. The van der Waals surface area contributed by atoms with Crippen molar-refractivity contribution in [3.63, 3.8) is 0 Å². The molecule has 18 heavy (non-hydrogen) atoms. The van der Waals surface area contributed by atoms with Crippen LogP contribution < -0.4 is 5.73 Å². The van der Waals surface area contributed by atoms with Crippen LogP contribution >= 0.6 is 0 Å². The van der Waals surface area contributed by atoms with Crippen molar-refractivity contribution in [1.29, 1.82) is 0 Å². The van der Waals surface area contributed by atoms with Crippen molar-refractivity contribution in [1.82, 2.24) is 14.5 Å². The molecule has 2 N–H and O–H groups in total. The molecule has 0 aliphatic rings. The molecule has 0 bridgehead atoms. The molecule has 0 radical (unpaired) electrons. The number of imidazole rings is 1. The Morgan fingerprint density at radius 3 is 2.72 bits per heavy atom. The van der Waals surface area contributed by atoms with Gasteiger partial charge in [0.15, 0.2) is 0 Å². The van der Waals surface area contributed by atoms with Crippen molar-refractivity contribution in [2.24, 2.45) is 5.73 Å². The standard InChI is InChI=1S/C14H22N4/c1-4-7-18-13-6-5-11(9-15)8-12(13)16-14(18)10-17(2)3/h5-6,8H,4,7,9-10,15H2,1-3H3. The lowest BCUT2D eigenvalue weighted by Crippen LogP contribution is -2.15. The van der Waals surface area contributed by atoms with Crippen LogP contribution in [0.4, 0.5) is 0 Å². The summed E-state index contributed by atoms with van der Waals surface area (Å²) in [6.07, 6.45) is 1.12. The van der Waals surface area contributed by atoms with Gasteiger partial charge in [0, 0.05) is 13.1 Å². The normalized spacial score (nSPS) is 11.6. The van der Waals surface area contributed by atoms with Crippen molar-refractivity contribution in [2.75, 3.05) is 14.1 Å². The molecule has 2 rings (SSSR count). The van der Waals surface area contributed by atoms with Crippen LogP contribution in [0.1, 0.15) is 24.7 Å². The molecule has 98 valence electrons. The second kappa shape index (κ2) is 5.50. The van der Waals surface area contributed by atoms with E-state index in [1.165, 1.54) is 5.52 Å². The average molecular weight is 246 g/mol. The van der Waals surface area contributed by atoms with Crippen molar-refractivity contribution in [2.45, 2.75) is 33.0 Å². The maximum atomic E-state index is 5.68. The minimum absolute atomic E-state index is 0.569. The summed E-state index contributed by atoms with van der Waals surface area (Å²) in [5.74, 6) is 1.13. The van der Waals surface area contributed by atoms with Crippen molar-refractivity contribution >= 4 is 11.0 Å². The molecule has 0 fully saturated rings. The smallest absolute Gasteiger partial charge is 0.124 e. The van der Waals surface area contributed by atoms with Gasteiger partial charge < -0.3 is 15.2 Å². The summed E-state index contributed by atoms with van der Waals surface area (Å²) in [4.78, 5) is 6.90. The average Bonchev–Trinajstić information content (AvgIpc) is 2.66. The van der Waals surface area contributed by atoms with Gasteiger partial charge in [0.25, 0.3) is 0 Å². The number of hydrogen-bond acceptors (Lipinski definition) is 3. The number of benzene rings is 1. The highest BCUT2D eigenvalue weighted by atomic mass is 15.2. The first-order valence-electron chi connectivity index (χ1n) is 6.48. The number of aryl methyl sites for hydroxylation is 1. The molecule has 2 aromatic rings. The fourth-order valence-electron chi connectivity index (χ4n) is 2.23. The third-order valence-corrected chi connectivity index (χ3v) is 3.03. The van der Waals surface area contributed by atoms with Crippen LogP contribution in [-0.4, -0.2) is 28.5 Å². The molecular formula is C14H22N4. The second-order valence-corrected chi connectivity index (χ2v) is 4.94. The van der Waals surface area contributed by atoms with Crippen LogP contribution in [0.2, 0.25) is 0 Å². The van der Waals surface area contributed by atoms with Crippen molar-refractivity contribution in [3.8, 4) is 0 Å². The Labute approximate surface area is 108 Å².